The summed E-state index contributed by atoms with van der Waals surface area (Å²) in [5.41, 5.74) is 2.58. The normalized spacial score (nSPS) is 25.8. The predicted molar refractivity (Wildman–Crippen MR) is 129 cm³/mol. The Morgan fingerprint density at radius 2 is 1.94 bits per heavy atom. The smallest absolute Gasteiger partial charge is 0.249 e. The van der Waals surface area contributed by atoms with Crippen molar-refractivity contribution in [1.82, 2.24) is 15.0 Å². The largest absolute Gasteiger partial charge is 0.454 e. The third-order valence-corrected chi connectivity index (χ3v) is 7.45. The van der Waals surface area contributed by atoms with E-state index in [9.17, 15) is 13.5 Å². The second-order valence-electron chi connectivity index (χ2n) is 9.76. The molecule has 2 N–H and O–H groups in total. The molecule has 0 amide bonds. The quantitative estimate of drug-likeness (QED) is 0.484. The Bertz CT molecular complexity index is 1390. The minimum Gasteiger partial charge on any atom is -0.454 e. The molecule has 0 spiro atoms. The van der Waals surface area contributed by atoms with Crippen LogP contribution in [0.15, 0.2) is 27.9 Å². The number of hydrogen-bond acceptors (Lipinski definition) is 10. The molecule has 4 atom stereocenters. The number of nitrogens with zero attached hydrogens (tertiary/aromatic N) is 3. The molecular formula is C24H30N4O6S. The van der Waals surface area contributed by atoms with Crippen LogP contribution in [0.1, 0.15) is 38.6 Å². The van der Waals surface area contributed by atoms with Gasteiger partial charge in [0.1, 0.15) is 17.7 Å². The number of rotatable bonds is 6. The van der Waals surface area contributed by atoms with Crippen LogP contribution in [0.2, 0.25) is 0 Å². The van der Waals surface area contributed by atoms with E-state index in [-0.39, 0.29) is 35.9 Å². The first-order valence-electron chi connectivity index (χ1n) is 11.7. The van der Waals surface area contributed by atoms with Crippen molar-refractivity contribution in [2.24, 2.45) is 5.92 Å². The number of aliphatic hydroxyl groups excluding tert-OH is 1. The van der Waals surface area contributed by atoms with E-state index in [0.717, 1.165) is 23.8 Å². The zero-order chi connectivity index (χ0) is 25.1. The second-order valence-corrected chi connectivity index (χ2v) is 11.7. The zero-order valence-electron chi connectivity index (χ0n) is 20.4. The molecule has 10 nitrogen and oxygen atoms in total. The number of nitrogens with one attached hydrogen (secondary N) is 1. The van der Waals surface area contributed by atoms with Crippen LogP contribution in [0.3, 0.4) is 0 Å². The van der Waals surface area contributed by atoms with Crippen molar-refractivity contribution >= 4 is 26.6 Å². The fourth-order valence-electron chi connectivity index (χ4n) is 5.00. The number of aliphatic hydroxyl groups is 1. The van der Waals surface area contributed by atoms with E-state index in [2.05, 4.69) is 20.3 Å². The maximum atomic E-state index is 12.3. The van der Waals surface area contributed by atoms with E-state index < -0.39 is 15.6 Å². The number of hydrogen-bond donors (Lipinski definition) is 2. The third kappa shape index (κ3) is 4.42. The Balaban J connectivity index is 1.60. The Kier molecular flexibility index (Phi) is 5.86. The number of furan rings is 1. The van der Waals surface area contributed by atoms with Gasteiger partial charge in [0.25, 0.3) is 0 Å². The summed E-state index contributed by atoms with van der Waals surface area (Å²) < 4.78 is 43.0. The summed E-state index contributed by atoms with van der Waals surface area (Å²) in [4.78, 5) is 13.1. The van der Waals surface area contributed by atoms with Crippen molar-refractivity contribution in [3.05, 3.63) is 29.7 Å². The number of fused-ring (bicyclic) bond motifs is 2. The molecule has 2 aliphatic rings. The van der Waals surface area contributed by atoms with Crippen molar-refractivity contribution in [3.8, 4) is 11.3 Å². The summed E-state index contributed by atoms with van der Waals surface area (Å²) in [5, 5.41) is 13.9. The van der Waals surface area contributed by atoms with Gasteiger partial charge in [-0.15, -0.1) is 0 Å². The highest BCUT2D eigenvalue weighted by Crippen LogP contribution is 2.43. The third-order valence-electron chi connectivity index (χ3n) is 6.61. The standard InChI is InChI=1S/C24H30N4O6S/c1-6-15-7-13-9-17(32-18(13)10-25-15)19-12(2)26-23(35(5,30)31)28-22(19)27-16-8-14(11-29)20-21(16)34-24(3,4)33-20/h7,9-10,14,16,20-21,29H,6,8,11H2,1-5H3,(H,26,27,28)/t14-,16-,20-,21+/m1/s1. The van der Waals surface area contributed by atoms with Gasteiger partial charge in [-0.05, 0) is 45.7 Å². The van der Waals surface area contributed by atoms with Crippen LogP contribution in [0.25, 0.3) is 22.3 Å². The van der Waals surface area contributed by atoms with Crippen molar-refractivity contribution in [2.75, 3.05) is 18.2 Å². The zero-order valence-corrected chi connectivity index (χ0v) is 21.2. The molecule has 1 aliphatic carbocycles. The average molecular weight is 503 g/mol. The molecule has 3 aromatic heterocycles. The SMILES string of the molecule is CCc1cc2cc(-c3c(C)nc(S(C)(=O)=O)nc3N[C@@H]3C[C@H](CO)[C@H]4OC(C)(C)O[C@H]43)oc2cn1. The van der Waals surface area contributed by atoms with Gasteiger partial charge in [-0.2, -0.15) is 0 Å². The highest BCUT2D eigenvalue weighted by atomic mass is 32.2. The highest BCUT2D eigenvalue weighted by Gasteiger charge is 2.54. The predicted octanol–water partition coefficient (Wildman–Crippen LogP) is 2.87. The molecule has 188 valence electrons. The number of ether oxygens (including phenoxy) is 2. The Morgan fingerprint density at radius 1 is 1.20 bits per heavy atom. The molecule has 0 bridgehead atoms. The van der Waals surface area contributed by atoms with Crippen LogP contribution < -0.4 is 5.32 Å². The monoisotopic (exact) mass is 502 g/mol. The van der Waals surface area contributed by atoms with Crippen molar-refractivity contribution in [1.29, 1.82) is 0 Å². The summed E-state index contributed by atoms with van der Waals surface area (Å²) in [6, 6.07) is 3.59. The minimum absolute atomic E-state index is 0.0423. The van der Waals surface area contributed by atoms with Crippen LogP contribution in [-0.2, 0) is 25.7 Å². The molecule has 35 heavy (non-hydrogen) atoms. The second kappa shape index (κ2) is 8.51. The van der Waals surface area contributed by atoms with Crippen molar-refractivity contribution in [3.63, 3.8) is 0 Å². The molecule has 11 heteroatoms. The number of sulfone groups is 1. The van der Waals surface area contributed by atoms with Gasteiger partial charge < -0.3 is 24.3 Å². The Labute approximate surface area is 204 Å². The molecule has 3 aromatic rings. The van der Waals surface area contributed by atoms with Gasteiger partial charge in [0, 0.05) is 29.9 Å². The summed E-state index contributed by atoms with van der Waals surface area (Å²) in [6.45, 7) is 7.40. The van der Waals surface area contributed by atoms with Gasteiger partial charge in [0.15, 0.2) is 11.4 Å². The van der Waals surface area contributed by atoms with Gasteiger partial charge in [0.2, 0.25) is 15.0 Å². The minimum atomic E-state index is -3.66. The number of aryl methyl sites for hydroxylation is 2. The first-order chi connectivity index (χ1) is 16.5. The van der Waals surface area contributed by atoms with E-state index in [4.69, 9.17) is 13.9 Å². The van der Waals surface area contributed by atoms with Crippen molar-refractivity contribution in [2.45, 2.75) is 69.7 Å². The summed E-state index contributed by atoms with van der Waals surface area (Å²) in [6.07, 6.45) is 3.52. The topological polar surface area (TPSA) is 137 Å². The van der Waals surface area contributed by atoms with Gasteiger partial charge in [0.05, 0.1) is 29.6 Å². The van der Waals surface area contributed by atoms with Crippen LogP contribution in [-0.4, -0.2) is 65.4 Å². The fourth-order valence-corrected chi connectivity index (χ4v) is 5.56. The average Bonchev–Trinajstić information content (AvgIpc) is 3.43. The van der Waals surface area contributed by atoms with E-state index in [0.29, 0.717) is 34.8 Å². The lowest BCUT2D eigenvalue weighted by Crippen LogP contribution is -2.35. The molecule has 2 fully saturated rings. The number of anilines is 1. The van der Waals surface area contributed by atoms with Gasteiger partial charge >= 0.3 is 0 Å². The lowest BCUT2D eigenvalue weighted by Gasteiger charge is -2.24. The lowest BCUT2D eigenvalue weighted by molar-refractivity contribution is -0.158. The summed E-state index contributed by atoms with van der Waals surface area (Å²) in [7, 11) is -3.66. The Morgan fingerprint density at radius 3 is 2.63 bits per heavy atom. The van der Waals surface area contributed by atoms with Crippen LogP contribution in [0.5, 0.6) is 0 Å². The molecule has 1 saturated carbocycles. The molecule has 0 unspecified atom stereocenters. The van der Waals surface area contributed by atoms with Gasteiger partial charge in [-0.3, -0.25) is 4.98 Å². The first-order valence-corrected chi connectivity index (χ1v) is 13.6. The van der Waals surface area contributed by atoms with Crippen LogP contribution in [0.4, 0.5) is 5.82 Å². The maximum Gasteiger partial charge on any atom is 0.249 e. The van der Waals surface area contributed by atoms with Crippen molar-refractivity contribution < 1.29 is 27.4 Å². The first kappa shape index (κ1) is 24.1. The number of pyridine rings is 1. The van der Waals surface area contributed by atoms with E-state index >= 15 is 0 Å². The summed E-state index contributed by atoms with van der Waals surface area (Å²) >= 11 is 0. The van der Waals surface area contributed by atoms with Gasteiger partial charge in [-0.1, -0.05) is 6.92 Å². The molecule has 1 saturated heterocycles. The van der Waals surface area contributed by atoms with E-state index in [1.807, 2.05) is 32.9 Å². The molecule has 4 heterocycles. The number of aromatic nitrogens is 3. The molecule has 0 radical (unpaired) electrons. The molecule has 0 aromatic carbocycles. The highest BCUT2D eigenvalue weighted by molar-refractivity contribution is 7.90. The Hall–Kier alpha value is -2.60. The van der Waals surface area contributed by atoms with Gasteiger partial charge in [-0.25, -0.2) is 18.4 Å². The lowest BCUT2D eigenvalue weighted by atomic mass is 10.1. The summed E-state index contributed by atoms with van der Waals surface area (Å²) in [5.74, 6) is -0.0675. The van der Waals surface area contributed by atoms with E-state index in [1.54, 1.807) is 13.1 Å². The maximum absolute atomic E-state index is 12.3. The van der Waals surface area contributed by atoms with Crippen LogP contribution >= 0.6 is 0 Å². The van der Waals surface area contributed by atoms with Crippen LogP contribution in [0, 0.1) is 12.8 Å². The molecule has 5 rings (SSSR count). The molecular weight excluding hydrogens is 472 g/mol. The van der Waals surface area contributed by atoms with E-state index in [1.165, 1.54) is 0 Å². The fraction of sp³-hybridized carbons (Fsp3) is 0.542. The molecule has 1 aliphatic heterocycles.